The van der Waals surface area contributed by atoms with Gasteiger partial charge < -0.3 is 20.9 Å². The fourth-order valence-corrected chi connectivity index (χ4v) is 3.96. The van der Waals surface area contributed by atoms with Gasteiger partial charge in [-0.2, -0.15) is 0 Å². The number of likely N-dealkylation sites (tertiary alicyclic amines) is 1. The third kappa shape index (κ3) is 4.55. The number of hydrogen-bond donors (Lipinski definition) is 2. The number of piperidine rings is 1. The van der Waals surface area contributed by atoms with Gasteiger partial charge in [-0.25, -0.2) is 0 Å². The van der Waals surface area contributed by atoms with E-state index in [2.05, 4.69) is 44.4 Å². The van der Waals surface area contributed by atoms with Crippen LogP contribution in [-0.2, 0) is 11.2 Å². The molecule has 0 spiro atoms. The van der Waals surface area contributed by atoms with Gasteiger partial charge in [0, 0.05) is 31.7 Å². The fourth-order valence-electron chi connectivity index (χ4n) is 3.96. The molecule has 0 saturated carbocycles. The molecule has 6 nitrogen and oxygen atoms in total. The molecular weight excluding hydrogens is 326 g/mol. The Kier molecular flexibility index (Phi) is 6.50. The molecule has 3 rings (SSSR count). The number of para-hydroxylation sites is 1. The predicted octanol–water partition coefficient (Wildman–Crippen LogP) is 1.60. The lowest BCUT2D eigenvalue weighted by atomic mass is 9.96. The van der Waals surface area contributed by atoms with E-state index in [4.69, 9.17) is 5.73 Å². The summed E-state index contributed by atoms with van der Waals surface area (Å²) in [6.07, 6.45) is 5.17. The van der Waals surface area contributed by atoms with Crippen molar-refractivity contribution in [2.24, 2.45) is 16.6 Å². The molecule has 0 aromatic heterocycles. The maximum atomic E-state index is 11.2. The Morgan fingerprint density at radius 2 is 2.00 bits per heavy atom. The molecule has 142 valence electrons. The van der Waals surface area contributed by atoms with Gasteiger partial charge in [-0.15, -0.1) is 0 Å². The summed E-state index contributed by atoms with van der Waals surface area (Å²) in [7, 11) is 1.85. The number of primary amides is 1. The van der Waals surface area contributed by atoms with Crippen molar-refractivity contribution >= 4 is 17.6 Å². The molecule has 1 aromatic rings. The number of nitrogens with zero attached hydrogens (tertiary/aromatic N) is 3. The normalized spacial score (nSPS) is 18.8. The molecule has 0 atom stereocenters. The Morgan fingerprint density at radius 3 is 2.73 bits per heavy atom. The molecular formula is C20H31N5O. The van der Waals surface area contributed by atoms with Crippen molar-refractivity contribution in [1.29, 1.82) is 0 Å². The molecule has 0 aliphatic carbocycles. The zero-order valence-electron chi connectivity index (χ0n) is 15.8. The van der Waals surface area contributed by atoms with Gasteiger partial charge in [0.25, 0.3) is 0 Å². The molecule has 3 N–H and O–H groups in total. The summed E-state index contributed by atoms with van der Waals surface area (Å²) in [4.78, 5) is 20.4. The summed E-state index contributed by atoms with van der Waals surface area (Å²) in [5.41, 5.74) is 8.07. The van der Waals surface area contributed by atoms with Gasteiger partial charge >= 0.3 is 0 Å². The molecule has 2 aliphatic heterocycles. The van der Waals surface area contributed by atoms with E-state index in [0.29, 0.717) is 0 Å². The number of fused-ring (bicyclic) bond motifs is 1. The Balaban J connectivity index is 1.35. The standard InChI is InChI=1S/C20H31N5O/c1-22-20(25-15-10-16-6-2-3-7-18(16)25)23-11-4-5-12-24-13-8-17(9-14-24)19(21)26/h2-3,6-7,17H,4-5,8-15H2,1H3,(H2,21,26)(H,22,23). The van der Waals surface area contributed by atoms with Crippen LogP contribution < -0.4 is 16.0 Å². The van der Waals surface area contributed by atoms with E-state index >= 15 is 0 Å². The lowest BCUT2D eigenvalue weighted by Crippen LogP contribution is -2.41. The quantitative estimate of drug-likeness (QED) is 0.461. The summed E-state index contributed by atoms with van der Waals surface area (Å²) in [5.74, 6) is 0.917. The average Bonchev–Trinajstić information content (AvgIpc) is 3.09. The van der Waals surface area contributed by atoms with Crippen LogP contribution in [0.4, 0.5) is 5.69 Å². The molecule has 1 aromatic carbocycles. The minimum atomic E-state index is -0.135. The second-order valence-corrected chi connectivity index (χ2v) is 7.23. The fraction of sp³-hybridized carbons (Fsp3) is 0.600. The first-order valence-corrected chi connectivity index (χ1v) is 9.77. The lowest BCUT2D eigenvalue weighted by molar-refractivity contribution is -0.123. The van der Waals surface area contributed by atoms with Crippen molar-refractivity contribution in [2.45, 2.75) is 32.1 Å². The summed E-state index contributed by atoms with van der Waals surface area (Å²) < 4.78 is 0. The highest BCUT2D eigenvalue weighted by Crippen LogP contribution is 2.27. The third-order valence-corrected chi connectivity index (χ3v) is 5.53. The molecule has 6 heteroatoms. The van der Waals surface area contributed by atoms with Crippen molar-refractivity contribution in [3.05, 3.63) is 29.8 Å². The number of nitrogens with two attached hydrogens (primary N) is 1. The van der Waals surface area contributed by atoms with Crippen LogP contribution >= 0.6 is 0 Å². The summed E-state index contributed by atoms with van der Waals surface area (Å²) in [6.45, 7) is 5.01. The first-order chi connectivity index (χ1) is 12.7. The van der Waals surface area contributed by atoms with Gasteiger partial charge in [0.15, 0.2) is 5.96 Å². The van der Waals surface area contributed by atoms with Crippen LogP contribution in [0.5, 0.6) is 0 Å². The topological polar surface area (TPSA) is 74.0 Å². The lowest BCUT2D eigenvalue weighted by Gasteiger charge is -2.30. The highest BCUT2D eigenvalue weighted by Gasteiger charge is 2.23. The van der Waals surface area contributed by atoms with Crippen LogP contribution in [-0.4, -0.2) is 56.5 Å². The van der Waals surface area contributed by atoms with Gasteiger partial charge in [-0.1, -0.05) is 18.2 Å². The number of carbonyl (C=O) groups is 1. The molecule has 1 saturated heterocycles. The maximum Gasteiger partial charge on any atom is 0.220 e. The van der Waals surface area contributed by atoms with E-state index in [9.17, 15) is 4.79 Å². The smallest absolute Gasteiger partial charge is 0.220 e. The van der Waals surface area contributed by atoms with Gasteiger partial charge in [0.1, 0.15) is 0 Å². The zero-order chi connectivity index (χ0) is 18.4. The van der Waals surface area contributed by atoms with Crippen molar-refractivity contribution in [3.8, 4) is 0 Å². The van der Waals surface area contributed by atoms with Crippen LogP contribution in [0.25, 0.3) is 0 Å². The van der Waals surface area contributed by atoms with Crippen LogP contribution in [0.1, 0.15) is 31.2 Å². The Morgan fingerprint density at radius 1 is 1.23 bits per heavy atom. The summed E-state index contributed by atoms with van der Waals surface area (Å²) in [6, 6.07) is 8.56. The van der Waals surface area contributed by atoms with E-state index in [-0.39, 0.29) is 11.8 Å². The van der Waals surface area contributed by atoms with E-state index in [0.717, 1.165) is 70.8 Å². The number of benzene rings is 1. The Bertz CT molecular complexity index is 637. The van der Waals surface area contributed by atoms with Crippen LogP contribution in [0, 0.1) is 5.92 Å². The number of amides is 1. The first kappa shape index (κ1) is 18.7. The van der Waals surface area contributed by atoms with Gasteiger partial charge in [0.05, 0.1) is 0 Å². The Hall–Kier alpha value is -2.08. The molecule has 0 unspecified atom stereocenters. The van der Waals surface area contributed by atoms with Gasteiger partial charge in [-0.3, -0.25) is 9.79 Å². The van der Waals surface area contributed by atoms with Crippen molar-refractivity contribution in [3.63, 3.8) is 0 Å². The number of rotatable bonds is 6. The third-order valence-electron chi connectivity index (χ3n) is 5.53. The molecule has 2 aliphatic rings. The minimum absolute atomic E-state index is 0.0829. The van der Waals surface area contributed by atoms with Crippen LogP contribution in [0.3, 0.4) is 0 Å². The van der Waals surface area contributed by atoms with Crippen molar-refractivity contribution in [2.75, 3.05) is 44.7 Å². The number of aliphatic imine (C=N–C) groups is 1. The number of hydrogen-bond acceptors (Lipinski definition) is 3. The molecule has 0 radical (unpaired) electrons. The predicted molar refractivity (Wildman–Crippen MR) is 106 cm³/mol. The van der Waals surface area contributed by atoms with Crippen molar-refractivity contribution in [1.82, 2.24) is 10.2 Å². The highest BCUT2D eigenvalue weighted by atomic mass is 16.1. The molecule has 26 heavy (non-hydrogen) atoms. The van der Waals surface area contributed by atoms with E-state index in [1.54, 1.807) is 0 Å². The van der Waals surface area contributed by atoms with Gasteiger partial charge in [-0.05, 0) is 63.4 Å². The number of guanidine groups is 1. The number of carbonyl (C=O) groups excluding carboxylic acids is 1. The molecule has 1 amide bonds. The van der Waals surface area contributed by atoms with E-state index in [1.807, 2.05) is 7.05 Å². The summed E-state index contributed by atoms with van der Waals surface area (Å²) >= 11 is 0. The minimum Gasteiger partial charge on any atom is -0.369 e. The summed E-state index contributed by atoms with van der Waals surface area (Å²) in [5, 5.41) is 3.51. The van der Waals surface area contributed by atoms with Crippen LogP contribution in [0.15, 0.2) is 29.3 Å². The molecule has 1 fully saturated rings. The highest BCUT2D eigenvalue weighted by molar-refractivity contribution is 5.97. The largest absolute Gasteiger partial charge is 0.369 e. The van der Waals surface area contributed by atoms with Crippen molar-refractivity contribution < 1.29 is 4.79 Å². The SMILES string of the molecule is CN=C(NCCCCN1CCC(C(N)=O)CC1)N1CCc2ccccc21. The first-order valence-electron chi connectivity index (χ1n) is 9.77. The number of anilines is 1. The zero-order valence-corrected chi connectivity index (χ0v) is 15.8. The second-order valence-electron chi connectivity index (χ2n) is 7.23. The van der Waals surface area contributed by atoms with Crippen LogP contribution in [0.2, 0.25) is 0 Å². The number of nitrogens with one attached hydrogen (secondary N) is 1. The van der Waals surface area contributed by atoms with E-state index < -0.39 is 0 Å². The Labute approximate surface area is 156 Å². The van der Waals surface area contributed by atoms with Gasteiger partial charge in [0.2, 0.25) is 5.91 Å². The average molecular weight is 358 g/mol. The second kappa shape index (κ2) is 9.03. The maximum absolute atomic E-state index is 11.2. The monoisotopic (exact) mass is 357 g/mol. The van der Waals surface area contributed by atoms with E-state index in [1.165, 1.54) is 11.3 Å². The molecule has 0 bridgehead atoms. The molecule has 2 heterocycles. The number of unbranched alkanes of at least 4 members (excludes halogenated alkanes) is 1.